The van der Waals surface area contributed by atoms with E-state index < -0.39 is 0 Å². The maximum absolute atomic E-state index is 12.0. The summed E-state index contributed by atoms with van der Waals surface area (Å²) in [7, 11) is 3.91. The summed E-state index contributed by atoms with van der Waals surface area (Å²) in [5.41, 5.74) is 1.80. The standard InChI is InChI=1S/C21H26N8OS/c1-15-12-18(26-25-15)24-20-14-28(13-19-22-9-11-29(19)20)31-17-6-4-16(5-7-17)23-21(30)8-10-27(2)3/h4-7,9,11-12,14H,8,10,13H2,1-3H3,(H,23,30)(H2,24,25,26)/p+1. The lowest BCUT2D eigenvalue weighted by molar-refractivity contribution is -0.699. The van der Waals surface area contributed by atoms with Crippen molar-refractivity contribution in [2.45, 2.75) is 18.2 Å². The molecule has 2 aromatic rings. The first-order valence-corrected chi connectivity index (χ1v) is 10.8. The molecule has 0 fully saturated rings. The molecule has 0 radical (unpaired) electrons. The van der Waals surface area contributed by atoms with Crippen LogP contribution in [0.3, 0.4) is 0 Å². The summed E-state index contributed by atoms with van der Waals surface area (Å²) in [6.07, 6.45) is 6.40. The first-order valence-electron chi connectivity index (χ1n) is 10.1. The van der Waals surface area contributed by atoms with Crippen LogP contribution in [0.4, 0.5) is 11.5 Å². The minimum absolute atomic E-state index is 0.0206. The number of anilines is 2. The summed E-state index contributed by atoms with van der Waals surface area (Å²) in [6, 6.07) is 9.85. The van der Waals surface area contributed by atoms with Crippen molar-refractivity contribution in [1.82, 2.24) is 19.4 Å². The Labute approximate surface area is 186 Å². The summed E-state index contributed by atoms with van der Waals surface area (Å²) in [4.78, 5) is 20.7. The number of aromatic nitrogens is 2. The second-order valence-electron chi connectivity index (χ2n) is 7.70. The van der Waals surface area contributed by atoms with E-state index in [1.165, 1.54) is 0 Å². The molecule has 0 bridgehead atoms. The monoisotopic (exact) mass is 439 g/mol. The molecule has 2 aliphatic rings. The number of carbonyl (C=O) groups is 1. The average Bonchev–Trinajstić information content (AvgIpc) is 3.37. The molecule has 1 unspecified atom stereocenters. The van der Waals surface area contributed by atoms with Crippen LogP contribution in [0.1, 0.15) is 12.1 Å². The number of benzene rings is 1. The van der Waals surface area contributed by atoms with E-state index in [9.17, 15) is 4.79 Å². The SMILES string of the molecule is Cc1cc(NC2=CN(Sc3ccc(NC(=O)CCN(C)C)cc3)CC3=NC=C[NH+]23)n[nH]1. The number of quaternary nitrogens is 1. The number of nitrogens with zero attached hydrogens (tertiary/aromatic N) is 4. The molecule has 9 nitrogen and oxygen atoms in total. The van der Waals surface area contributed by atoms with Crippen LogP contribution in [0, 0.1) is 6.92 Å². The fourth-order valence-electron chi connectivity index (χ4n) is 3.21. The van der Waals surface area contributed by atoms with Gasteiger partial charge in [-0.3, -0.25) is 19.5 Å². The Bertz CT molecular complexity index is 1020. The van der Waals surface area contributed by atoms with Crippen LogP contribution in [0.25, 0.3) is 0 Å². The number of aliphatic imine (C=N–C) groups is 1. The zero-order valence-corrected chi connectivity index (χ0v) is 18.7. The summed E-state index contributed by atoms with van der Waals surface area (Å²) in [6.45, 7) is 3.41. The van der Waals surface area contributed by atoms with E-state index in [0.717, 1.165) is 45.2 Å². The Morgan fingerprint density at radius 3 is 2.84 bits per heavy atom. The highest BCUT2D eigenvalue weighted by Gasteiger charge is 2.32. The summed E-state index contributed by atoms with van der Waals surface area (Å²) >= 11 is 1.62. The van der Waals surface area contributed by atoms with Gasteiger partial charge in [0.25, 0.3) is 0 Å². The van der Waals surface area contributed by atoms with Crippen molar-refractivity contribution >= 4 is 35.2 Å². The lowest BCUT2D eigenvalue weighted by Gasteiger charge is -2.27. The van der Waals surface area contributed by atoms with E-state index >= 15 is 0 Å². The number of fused-ring (bicyclic) bond motifs is 1. The number of rotatable bonds is 8. The molecule has 162 valence electrons. The van der Waals surface area contributed by atoms with Gasteiger partial charge in [0, 0.05) is 35.3 Å². The minimum Gasteiger partial charge on any atom is -0.326 e. The molecule has 0 aliphatic carbocycles. The third-order valence-corrected chi connectivity index (χ3v) is 5.72. The summed E-state index contributed by atoms with van der Waals surface area (Å²) in [5, 5.41) is 13.6. The van der Waals surface area contributed by atoms with E-state index in [4.69, 9.17) is 0 Å². The van der Waals surface area contributed by atoms with Gasteiger partial charge in [0.2, 0.25) is 17.6 Å². The normalized spacial score (nSPS) is 17.4. The van der Waals surface area contributed by atoms with Gasteiger partial charge in [-0.25, -0.2) is 9.89 Å². The van der Waals surface area contributed by atoms with Gasteiger partial charge in [-0.1, -0.05) is 0 Å². The molecule has 3 heterocycles. The van der Waals surface area contributed by atoms with Crippen molar-refractivity contribution in [1.29, 1.82) is 0 Å². The lowest BCUT2D eigenvalue weighted by Crippen LogP contribution is -3.10. The molecule has 4 rings (SSSR count). The number of amides is 1. The molecule has 0 saturated heterocycles. The van der Waals surface area contributed by atoms with Crippen molar-refractivity contribution in [3.63, 3.8) is 0 Å². The Kier molecular flexibility index (Phi) is 6.40. The highest BCUT2D eigenvalue weighted by atomic mass is 32.2. The number of hydrogen-bond acceptors (Lipinski definition) is 7. The van der Waals surface area contributed by atoms with Crippen molar-refractivity contribution in [2.24, 2.45) is 4.99 Å². The van der Waals surface area contributed by atoms with Crippen molar-refractivity contribution < 1.29 is 9.69 Å². The van der Waals surface area contributed by atoms with E-state index in [0.29, 0.717) is 13.0 Å². The molecule has 1 aromatic heterocycles. The quantitative estimate of drug-likeness (QED) is 0.467. The van der Waals surface area contributed by atoms with E-state index in [-0.39, 0.29) is 5.91 Å². The van der Waals surface area contributed by atoms with Crippen LogP contribution in [0.2, 0.25) is 0 Å². The number of hydrogen-bond donors (Lipinski definition) is 4. The molecular weight excluding hydrogens is 412 g/mol. The zero-order chi connectivity index (χ0) is 21.8. The van der Waals surface area contributed by atoms with Gasteiger partial charge in [-0.15, -0.1) is 0 Å². The van der Waals surface area contributed by atoms with Crippen LogP contribution in [0.15, 0.2) is 64.6 Å². The molecule has 1 aromatic carbocycles. The van der Waals surface area contributed by atoms with Crippen LogP contribution in [-0.4, -0.2) is 58.3 Å². The second kappa shape index (κ2) is 9.38. The van der Waals surface area contributed by atoms with Crippen molar-refractivity contribution in [3.05, 3.63) is 60.4 Å². The smallest absolute Gasteiger partial charge is 0.233 e. The topological polar surface area (TPSA) is 93.1 Å². The molecule has 31 heavy (non-hydrogen) atoms. The van der Waals surface area contributed by atoms with Crippen LogP contribution >= 0.6 is 11.9 Å². The van der Waals surface area contributed by atoms with Gasteiger partial charge < -0.3 is 10.2 Å². The van der Waals surface area contributed by atoms with Crippen LogP contribution in [-0.2, 0) is 4.79 Å². The highest BCUT2D eigenvalue weighted by molar-refractivity contribution is 7.97. The van der Waals surface area contributed by atoms with Gasteiger partial charge in [0.05, 0.1) is 12.4 Å². The number of aromatic amines is 1. The van der Waals surface area contributed by atoms with Crippen LogP contribution < -0.4 is 15.5 Å². The number of aryl methyl sites for hydroxylation is 1. The first-order chi connectivity index (χ1) is 15.0. The second-order valence-corrected chi connectivity index (χ2v) is 8.82. The molecular formula is C21H27N8OS+. The van der Waals surface area contributed by atoms with Crippen molar-refractivity contribution in [2.75, 3.05) is 37.8 Å². The molecule has 10 heteroatoms. The van der Waals surface area contributed by atoms with Crippen LogP contribution in [0.5, 0.6) is 0 Å². The average molecular weight is 440 g/mol. The third kappa shape index (κ3) is 5.54. The molecule has 1 amide bonds. The fourth-order valence-corrected chi connectivity index (χ4v) is 4.08. The Balaban J connectivity index is 1.40. The van der Waals surface area contributed by atoms with Crippen molar-refractivity contribution in [3.8, 4) is 0 Å². The number of carbonyl (C=O) groups excluding carboxylic acids is 1. The van der Waals surface area contributed by atoms with Gasteiger partial charge in [0.1, 0.15) is 12.7 Å². The molecule has 2 aliphatic heterocycles. The third-order valence-electron chi connectivity index (χ3n) is 4.77. The molecule has 1 atom stereocenters. The van der Waals surface area contributed by atoms with Gasteiger partial charge >= 0.3 is 0 Å². The Morgan fingerprint density at radius 1 is 1.32 bits per heavy atom. The zero-order valence-electron chi connectivity index (χ0n) is 17.8. The number of nitrogens with one attached hydrogen (secondary N) is 4. The fraction of sp³-hybridized carbons (Fsp3) is 0.286. The summed E-state index contributed by atoms with van der Waals surface area (Å²) < 4.78 is 2.14. The van der Waals surface area contributed by atoms with E-state index in [1.807, 2.05) is 68.7 Å². The largest absolute Gasteiger partial charge is 0.326 e. The minimum atomic E-state index is 0.0206. The Hall–Kier alpha value is -3.08. The molecule has 0 spiro atoms. The van der Waals surface area contributed by atoms with Gasteiger partial charge in [-0.05, 0) is 57.2 Å². The molecule has 4 N–H and O–H groups in total. The maximum Gasteiger partial charge on any atom is 0.233 e. The number of amidine groups is 1. The van der Waals surface area contributed by atoms with E-state index in [2.05, 4.69) is 36.3 Å². The predicted molar refractivity (Wildman–Crippen MR) is 123 cm³/mol. The summed E-state index contributed by atoms with van der Waals surface area (Å²) in [5.74, 6) is 2.78. The lowest BCUT2D eigenvalue weighted by atomic mass is 10.3. The highest BCUT2D eigenvalue weighted by Crippen LogP contribution is 2.26. The first kappa shape index (κ1) is 21.2. The maximum atomic E-state index is 12.0. The molecule has 0 saturated carbocycles. The predicted octanol–water partition coefficient (Wildman–Crippen LogP) is 1.61. The van der Waals surface area contributed by atoms with Gasteiger partial charge in [-0.2, -0.15) is 5.10 Å². The number of H-pyrrole nitrogens is 1. The Morgan fingerprint density at radius 2 is 2.13 bits per heavy atom. The van der Waals surface area contributed by atoms with E-state index in [1.54, 1.807) is 11.9 Å². The van der Waals surface area contributed by atoms with Gasteiger partial charge in [0.15, 0.2) is 5.82 Å².